The first-order valence-electron chi connectivity index (χ1n) is 10.7. The second kappa shape index (κ2) is 8.76. The molecule has 2 aliphatic heterocycles. The number of hydrogen-bond acceptors (Lipinski definition) is 5. The van der Waals surface area contributed by atoms with E-state index in [0.717, 1.165) is 48.5 Å². The summed E-state index contributed by atoms with van der Waals surface area (Å²) in [5.41, 5.74) is 2.13. The van der Waals surface area contributed by atoms with E-state index < -0.39 is 12.2 Å². The number of piperidine rings is 1. The van der Waals surface area contributed by atoms with E-state index in [1.165, 1.54) is 0 Å². The molecule has 0 unspecified atom stereocenters. The molecule has 3 N–H and O–H groups in total. The summed E-state index contributed by atoms with van der Waals surface area (Å²) in [6, 6.07) is 15.1. The highest BCUT2D eigenvalue weighted by molar-refractivity contribution is 5.90. The van der Waals surface area contributed by atoms with Gasteiger partial charge in [-0.3, -0.25) is 4.79 Å². The Morgan fingerprint density at radius 1 is 1.20 bits per heavy atom. The number of rotatable bonds is 5. The topological polar surface area (TPSA) is 82.0 Å². The minimum Gasteiger partial charge on any atom is -0.487 e. The van der Waals surface area contributed by atoms with E-state index in [-0.39, 0.29) is 11.5 Å². The number of β-amino-alcohol motifs (C(OH)–C–C–N with tert-alkyl or cyclic N) is 1. The number of hydrogen-bond donors (Lipinski definition) is 3. The van der Waals surface area contributed by atoms with Crippen molar-refractivity contribution in [2.45, 2.75) is 50.4 Å². The standard InChI is InChI=1S/C24H30N2O4/c1-2-23(29)25-18-9-7-17(8-10-18)21(28)16-26-13-11-24(12-14-26)15-20(27)19-5-3-4-6-22(19)30-24/h3-10,20-21,27-28H,2,11-16H2,1H3,(H,25,29)/t20-,21-/m1/s1. The van der Waals surface area contributed by atoms with Gasteiger partial charge < -0.3 is 25.2 Å². The van der Waals surface area contributed by atoms with Gasteiger partial charge in [-0.1, -0.05) is 37.3 Å². The molecule has 1 saturated heterocycles. The predicted octanol–water partition coefficient (Wildman–Crippen LogP) is 3.42. The Bertz CT molecular complexity index is 875. The average molecular weight is 411 g/mol. The molecule has 6 nitrogen and oxygen atoms in total. The van der Waals surface area contributed by atoms with Crippen molar-refractivity contribution in [3.05, 3.63) is 59.7 Å². The summed E-state index contributed by atoms with van der Waals surface area (Å²) in [4.78, 5) is 13.7. The lowest BCUT2D eigenvalue weighted by Crippen LogP contribution is -2.51. The molecule has 30 heavy (non-hydrogen) atoms. The third kappa shape index (κ3) is 4.51. The van der Waals surface area contributed by atoms with Crippen molar-refractivity contribution >= 4 is 11.6 Å². The van der Waals surface area contributed by atoms with E-state index in [4.69, 9.17) is 4.74 Å². The van der Waals surface area contributed by atoms with Gasteiger partial charge in [0.25, 0.3) is 0 Å². The Morgan fingerprint density at radius 3 is 2.60 bits per heavy atom. The largest absolute Gasteiger partial charge is 0.487 e. The number of amides is 1. The van der Waals surface area contributed by atoms with E-state index in [1.54, 1.807) is 0 Å². The Morgan fingerprint density at radius 2 is 1.90 bits per heavy atom. The molecule has 1 spiro atoms. The van der Waals surface area contributed by atoms with Gasteiger partial charge >= 0.3 is 0 Å². The molecular formula is C24H30N2O4. The van der Waals surface area contributed by atoms with E-state index in [0.29, 0.717) is 19.4 Å². The molecule has 0 radical (unpaired) electrons. The molecule has 6 heteroatoms. The van der Waals surface area contributed by atoms with Crippen molar-refractivity contribution in [3.63, 3.8) is 0 Å². The van der Waals surface area contributed by atoms with E-state index in [2.05, 4.69) is 10.2 Å². The number of carbonyl (C=O) groups excluding carboxylic acids is 1. The lowest BCUT2D eigenvalue weighted by Gasteiger charge is -2.46. The van der Waals surface area contributed by atoms with Crippen molar-refractivity contribution in [3.8, 4) is 5.75 Å². The zero-order valence-electron chi connectivity index (χ0n) is 17.4. The monoisotopic (exact) mass is 410 g/mol. The number of nitrogens with zero attached hydrogens (tertiary/aromatic N) is 1. The molecular weight excluding hydrogens is 380 g/mol. The van der Waals surface area contributed by atoms with Crippen LogP contribution in [0.1, 0.15) is 55.9 Å². The number of nitrogens with one attached hydrogen (secondary N) is 1. The summed E-state index contributed by atoms with van der Waals surface area (Å²) in [5.74, 6) is 0.767. The lowest BCUT2D eigenvalue weighted by molar-refractivity contribution is -0.115. The average Bonchev–Trinajstić information content (AvgIpc) is 2.76. The zero-order valence-corrected chi connectivity index (χ0v) is 17.4. The van der Waals surface area contributed by atoms with Crippen molar-refractivity contribution in [2.75, 3.05) is 25.0 Å². The molecule has 2 atom stereocenters. The molecule has 2 aliphatic rings. The van der Waals surface area contributed by atoms with Gasteiger partial charge in [0.1, 0.15) is 11.4 Å². The maximum Gasteiger partial charge on any atom is 0.224 e. The van der Waals surface area contributed by atoms with Gasteiger partial charge in [0, 0.05) is 43.7 Å². The summed E-state index contributed by atoms with van der Waals surface area (Å²) in [5, 5.41) is 24.1. The lowest BCUT2D eigenvalue weighted by atomic mass is 9.81. The van der Waals surface area contributed by atoms with Gasteiger partial charge in [0.05, 0.1) is 12.2 Å². The molecule has 2 aromatic rings. The number of aliphatic hydroxyl groups is 2. The van der Waals surface area contributed by atoms with Crippen LogP contribution in [-0.4, -0.2) is 46.3 Å². The SMILES string of the molecule is CCC(=O)Nc1ccc([C@H](O)CN2CCC3(CC2)C[C@@H](O)c2ccccc2O3)cc1. The van der Waals surface area contributed by atoms with Crippen LogP contribution in [0, 0.1) is 0 Å². The molecule has 0 bridgehead atoms. The fourth-order valence-electron chi connectivity index (χ4n) is 4.42. The summed E-state index contributed by atoms with van der Waals surface area (Å²) in [6.45, 7) is 4.00. The Labute approximate surface area is 177 Å². The Balaban J connectivity index is 1.32. The van der Waals surface area contributed by atoms with E-state index in [9.17, 15) is 15.0 Å². The highest BCUT2D eigenvalue weighted by Gasteiger charge is 2.42. The predicted molar refractivity (Wildman–Crippen MR) is 115 cm³/mol. The Kier molecular flexibility index (Phi) is 6.09. The number of para-hydroxylation sites is 1. The number of aliphatic hydroxyl groups excluding tert-OH is 2. The second-order valence-electron chi connectivity index (χ2n) is 8.38. The van der Waals surface area contributed by atoms with Crippen molar-refractivity contribution < 1.29 is 19.7 Å². The molecule has 0 aromatic heterocycles. The van der Waals surface area contributed by atoms with E-state index >= 15 is 0 Å². The van der Waals surface area contributed by atoms with Crippen LogP contribution in [0.25, 0.3) is 0 Å². The zero-order chi connectivity index (χ0) is 21.1. The number of carbonyl (C=O) groups is 1. The maximum atomic E-state index is 11.5. The van der Waals surface area contributed by atoms with Gasteiger partial charge in [0.15, 0.2) is 0 Å². The van der Waals surface area contributed by atoms with Crippen LogP contribution < -0.4 is 10.1 Å². The number of ether oxygens (including phenoxy) is 1. The molecule has 4 rings (SSSR count). The number of benzene rings is 2. The second-order valence-corrected chi connectivity index (χ2v) is 8.38. The first-order valence-corrected chi connectivity index (χ1v) is 10.7. The molecule has 0 aliphatic carbocycles. The third-order valence-electron chi connectivity index (χ3n) is 6.27. The quantitative estimate of drug-likeness (QED) is 0.704. The number of likely N-dealkylation sites (tertiary alicyclic amines) is 1. The van der Waals surface area contributed by atoms with Crippen LogP contribution in [0.15, 0.2) is 48.5 Å². The molecule has 2 heterocycles. The van der Waals surface area contributed by atoms with Gasteiger partial charge in [-0.25, -0.2) is 0 Å². The summed E-state index contributed by atoms with van der Waals surface area (Å²) < 4.78 is 6.34. The fraction of sp³-hybridized carbons (Fsp3) is 0.458. The summed E-state index contributed by atoms with van der Waals surface area (Å²) >= 11 is 0. The van der Waals surface area contributed by atoms with Gasteiger partial charge in [0.2, 0.25) is 5.91 Å². The van der Waals surface area contributed by atoms with Gasteiger partial charge in [-0.05, 0) is 36.6 Å². The fourth-order valence-corrected chi connectivity index (χ4v) is 4.42. The van der Waals surface area contributed by atoms with Crippen LogP contribution in [-0.2, 0) is 4.79 Å². The molecule has 1 amide bonds. The Hall–Kier alpha value is -2.41. The smallest absolute Gasteiger partial charge is 0.224 e. The highest BCUT2D eigenvalue weighted by Crippen LogP contribution is 2.44. The van der Waals surface area contributed by atoms with Gasteiger partial charge in [-0.2, -0.15) is 0 Å². The first-order chi connectivity index (χ1) is 14.5. The van der Waals surface area contributed by atoms with Crippen molar-refractivity contribution in [1.82, 2.24) is 4.90 Å². The van der Waals surface area contributed by atoms with E-state index in [1.807, 2.05) is 55.5 Å². The molecule has 160 valence electrons. The van der Waals surface area contributed by atoms with Crippen LogP contribution in [0.2, 0.25) is 0 Å². The molecule has 1 fully saturated rings. The molecule has 2 aromatic carbocycles. The first kappa shape index (κ1) is 20.8. The summed E-state index contributed by atoms with van der Waals surface area (Å²) in [6.07, 6.45) is 1.63. The number of anilines is 1. The third-order valence-corrected chi connectivity index (χ3v) is 6.27. The van der Waals surface area contributed by atoms with Crippen molar-refractivity contribution in [1.29, 1.82) is 0 Å². The minimum absolute atomic E-state index is 0.0248. The molecule has 0 saturated carbocycles. The van der Waals surface area contributed by atoms with Crippen LogP contribution in [0.3, 0.4) is 0 Å². The number of fused-ring (bicyclic) bond motifs is 1. The van der Waals surface area contributed by atoms with Crippen LogP contribution in [0.5, 0.6) is 5.75 Å². The normalized spacial score (nSPS) is 21.5. The van der Waals surface area contributed by atoms with Crippen LogP contribution >= 0.6 is 0 Å². The van der Waals surface area contributed by atoms with Crippen LogP contribution in [0.4, 0.5) is 5.69 Å². The maximum absolute atomic E-state index is 11.5. The van der Waals surface area contributed by atoms with Gasteiger partial charge in [-0.15, -0.1) is 0 Å². The highest BCUT2D eigenvalue weighted by atomic mass is 16.5. The minimum atomic E-state index is -0.589. The summed E-state index contributed by atoms with van der Waals surface area (Å²) in [7, 11) is 0. The van der Waals surface area contributed by atoms with Crippen molar-refractivity contribution in [2.24, 2.45) is 0 Å².